The van der Waals surface area contributed by atoms with Crippen molar-refractivity contribution in [3.8, 4) is 0 Å². The van der Waals surface area contributed by atoms with Crippen molar-refractivity contribution in [3.05, 3.63) is 0 Å². The lowest BCUT2D eigenvalue weighted by molar-refractivity contribution is -0.159. The standard InChI is InChI=1S/C7H10O5/c1-3-12-7(11)5(8)4(2)6(9)10/h4H,3H2,1-2H3,(H,9,10). The van der Waals surface area contributed by atoms with Gasteiger partial charge in [0.2, 0.25) is 0 Å². The summed E-state index contributed by atoms with van der Waals surface area (Å²) in [5.41, 5.74) is 0. The van der Waals surface area contributed by atoms with Gasteiger partial charge in [0, 0.05) is 0 Å². The lowest BCUT2D eigenvalue weighted by Gasteiger charge is -2.03. The Morgan fingerprint density at radius 2 is 1.92 bits per heavy atom. The molecular weight excluding hydrogens is 164 g/mol. The number of carboxylic acid groups (broad SMARTS) is 1. The molecule has 12 heavy (non-hydrogen) atoms. The maximum atomic E-state index is 10.8. The van der Waals surface area contributed by atoms with Gasteiger partial charge < -0.3 is 9.84 Å². The monoisotopic (exact) mass is 174 g/mol. The Labute approximate surface area is 69.3 Å². The van der Waals surface area contributed by atoms with E-state index >= 15 is 0 Å². The van der Waals surface area contributed by atoms with Crippen LogP contribution in [-0.2, 0) is 19.1 Å². The third-order valence-electron chi connectivity index (χ3n) is 1.24. The molecule has 68 valence electrons. The number of ketones is 1. The molecule has 0 aromatic rings. The average molecular weight is 174 g/mol. The molecule has 0 heterocycles. The molecule has 0 fully saturated rings. The second kappa shape index (κ2) is 4.48. The van der Waals surface area contributed by atoms with E-state index in [1.54, 1.807) is 0 Å². The fraction of sp³-hybridized carbons (Fsp3) is 0.571. The molecule has 0 amide bonds. The highest BCUT2D eigenvalue weighted by Crippen LogP contribution is 1.98. The number of ether oxygens (including phenoxy) is 1. The number of carbonyl (C=O) groups excluding carboxylic acids is 2. The summed E-state index contributed by atoms with van der Waals surface area (Å²) in [5, 5.41) is 8.34. The van der Waals surface area contributed by atoms with Gasteiger partial charge in [0.1, 0.15) is 5.92 Å². The minimum atomic E-state index is -1.33. The summed E-state index contributed by atoms with van der Waals surface area (Å²) in [6, 6.07) is 0. The second-order valence-corrected chi connectivity index (χ2v) is 2.14. The van der Waals surface area contributed by atoms with Gasteiger partial charge in [-0.15, -0.1) is 0 Å². The van der Waals surface area contributed by atoms with Crippen molar-refractivity contribution < 1.29 is 24.2 Å². The van der Waals surface area contributed by atoms with Gasteiger partial charge >= 0.3 is 11.9 Å². The van der Waals surface area contributed by atoms with E-state index in [9.17, 15) is 14.4 Å². The van der Waals surface area contributed by atoms with E-state index in [0.29, 0.717) is 0 Å². The zero-order valence-electron chi connectivity index (χ0n) is 6.86. The molecule has 0 bridgehead atoms. The SMILES string of the molecule is CCOC(=O)C(=O)C(C)C(=O)O. The molecule has 0 aromatic heterocycles. The molecule has 1 atom stereocenters. The van der Waals surface area contributed by atoms with Crippen LogP contribution in [-0.4, -0.2) is 29.4 Å². The predicted molar refractivity (Wildman–Crippen MR) is 38.4 cm³/mol. The van der Waals surface area contributed by atoms with E-state index in [-0.39, 0.29) is 6.61 Å². The van der Waals surface area contributed by atoms with Gasteiger partial charge in [0.25, 0.3) is 5.78 Å². The first kappa shape index (κ1) is 10.6. The van der Waals surface area contributed by atoms with Crippen molar-refractivity contribution in [1.29, 1.82) is 0 Å². The Morgan fingerprint density at radius 3 is 2.25 bits per heavy atom. The second-order valence-electron chi connectivity index (χ2n) is 2.14. The van der Waals surface area contributed by atoms with Crippen molar-refractivity contribution in [2.75, 3.05) is 6.61 Å². The molecule has 0 aliphatic heterocycles. The Morgan fingerprint density at radius 1 is 1.42 bits per heavy atom. The summed E-state index contributed by atoms with van der Waals surface area (Å²) in [6.45, 7) is 2.75. The average Bonchev–Trinajstić information content (AvgIpc) is 2.02. The fourth-order valence-electron chi connectivity index (χ4n) is 0.491. The van der Waals surface area contributed by atoms with Crippen molar-refractivity contribution in [3.63, 3.8) is 0 Å². The van der Waals surface area contributed by atoms with Crippen LogP contribution in [0.5, 0.6) is 0 Å². The van der Waals surface area contributed by atoms with E-state index in [4.69, 9.17) is 5.11 Å². The molecule has 0 spiro atoms. The topological polar surface area (TPSA) is 80.7 Å². The van der Waals surface area contributed by atoms with Gasteiger partial charge in [-0.25, -0.2) is 4.79 Å². The summed E-state index contributed by atoms with van der Waals surface area (Å²) in [5.74, 6) is -4.77. The van der Waals surface area contributed by atoms with Gasteiger partial charge in [0.05, 0.1) is 6.61 Å². The fourth-order valence-corrected chi connectivity index (χ4v) is 0.491. The van der Waals surface area contributed by atoms with E-state index in [2.05, 4.69) is 4.74 Å². The zero-order chi connectivity index (χ0) is 9.72. The van der Waals surface area contributed by atoms with Crippen LogP contribution in [0, 0.1) is 5.92 Å². The van der Waals surface area contributed by atoms with E-state index in [1.165, 1.54) is 6.92 Å². The molecule has 1 N–H and O–H groups in total. The molecule has 0 aromatic carbocycles. The number of carboxylic acids is 1. The molecule has 0 rings (SSSR count). The van der Waals surface area contributed by atoms with Crippen molar-refractivity contribution in [2.45, 2.75) is 13.8 Å². The number of carbonyl (C=O) groups is 3. The van der Waals surface area contributed by atoms with Crippen molar-refractivity contribution >= 4 is 17.7 Å². The molecule has 1 unspecified atom stereocenters. The lowest BCUT2D eigenvalue weighted by atomic mass is 10.1. The third-order valence-corrected chi connectivity index (χ3v) is 1.24. The summed E-state index contributed by atoms with van der Waals surface area (Å²) in [7, 11) is 0. The highest BCUT2D eigenvalue weighted by atomic mass is 16.5. The molecule has 5 nitrogen and oxygen atoms in total. The van der Waals surface area contributed by atoms with Crippen LogP contribution < -0.4 is 0 Å². The molecule has 0 saturated carbocycles. The minimum Gasteiger partial charge on any atom is -0.481 e. The van der Waals surface area contributed by atoms with Crippen molar-refractivity contribution in [2.24, 2.45) is 5.92 Å². The molecule has 0 radical (unpaired) electrons. The van der Waals surface area contributed by atoms with E-state index < -0.39 is 23.6 Å². The molecule has 5 heteroatoms. The van der Waals surface area contributed by atoms with Gasteiger partial charge in [0.15, 0.2) is 0 Å². The van der Waals surface area contributed by atoms with Gasteiger partial charge in [-0.1, -0.05) is 0 Å². The summed E-state index contributed by atoms with van der Waals surface area (Å²) < 4.78 is 4.32. The maximum Gasteiger partial charge on any atom is 0.375 e. The number of esters is 1. The molecule has 0 aliphatic rings. The van der Waals surface area contributed by atoms with Gasteiger partial charge in [-0.2, -0.15) is 0 Å². The number of aliphatic carboxylic acids is 1. The first-order valence-electron chi connectivity index (χ1n) is 3.44. The quantitative estimate of drug-likeness (QED) is 0.364. The van der Waals surface area contributed by atoms with E-state index in [1.807, 2.05) is 0 Å². The Balaban J connectivity index is 4.19. The van der Waals surface area contributed by atoms with E-state index in [0.717, 1.165) is 6.92 Å². The molecule has 0 saturated heterocycles. The summed E-state index contributed by atoms with van der Waals surface area (Å²) >= 11 is 0. The summed E-state index contributed by atoms with van der Waals surface area (Å²) in [6.07, 6.45) is 0. The minimum absolute atomic E-state index is 0.0664. The zero-order valence-corrected chi connectivity index (χ0v) is 6.86. The Kier molecular flexibility index (Phi) is 3.96. The van der Waals surface area contributed by atoms with Crippen LogP contribution in [0.15, 0.2) is 0 Å². The highest BCUT2D eigenvalue weighted by molar-refractivity contribution is 6.37. The summed E-state index contributed by atoms with van der Waals surface area (Å²) in [4.78, 5) is 31.7. The Bertz CT molecular complexity index is 208. The first-order chi connectivity index (χ1) is 5.50. The van der Waals surface area contributed by atoms with Crippen LogP contribution in [0.2, 0.25) is 0 Å². The Hall–Kier alpha value is -1.39. The third kappa shape index (κ3) is 2.69. The van der Waals surface area contributed by atoms with Crippen LogP contribution in [0.4, 0.5) is 0 Å². The van der Waals surface area contributed by atoms with Crippen LogP contribution in [0.25, 0.3) is 0 Å². The number of Topliss-reactive ketones (excluding diaryl/α,β-unsaturated/α-hetero) is 1. The number of rotatable bonds is 4. The lowest BCUT2D eigenvalue weighted by Crippen LogP contribution is -2.29. The smallest absolute Gasteiger partial charge is 0.375 e. The van der Waals surface area contributed by atoms with Gasteiger partial charge in [-0.3, -0.25) is 9.59 Å². The molecular formula is C7H10O5. The normalized spacial score (nSPS) is 11.8. The number of hydrogen-bond donors (Lipinski definition) is 1. The largest absolute Gasteiger partial charge is 0.481 e. The maximum absolute atomic E-state index is 10.8. The van der Waals surface area contributed by atoms with Crippen LogP contribution in [0.1, 0.15) is 13.8 Å². The predicted octanol–water partition coefficient (Wildman–Crippen LogP) is -0.161. The highest BCUT2D eigenvalue weighted by Gasteiger charge is 2.27. The first-order valence-corrected chi connectivity index (χ1v) is 3.44. The van der Waals surface area contributed by atoms with Crippen molar-refractivity contribution in [1.82, 2.24) is 0 Å². The van der Waals surface area contributed by atoms with Gasteiger partial charge in [-0.05, 0) is 13.8 Å². The number of hydrogen-bond acceptors (Lipinski definition) is 4. The van der Waals surface area contributed by atoms with Crippen LogP contribution in [0.3, 0.4) is 0 Å². The van der Waals surface area contributed by atoms with Crippen LogP contribution >= 0.6 is 0 Å². The molecule has 0 aliphatic carbocycles.